The van der Waals surface area contributed by atoms with Crippen molar-refractivity contribution >= 4 is 23.2 Å². The SMILES string of the molecule is CNc1ncc(Cl)c(Oc2ccc(F)cc2[N+](=O)[O-])n1. The van der Waals surface area contributed by atoms with Crippen molar-refractivity contribution in [3.63, 3.8) is 0 Å². The van der Waals surface area contributed by atoms with Crippen molar-refractivity contribution in [2.75, 3.05) is 12.4 Å². The summed E-state index contributed by atoms with van der Waals surface area (Å²) in [4.78, 5) is 17.9. The maximum atomic E-state index is 13.0. The van der Waals surface area contributed by atoms with Crippen molar-refractivity contribution in [3.8, 4) is 11.6 Å². The maximum absolute atomic E-state index is 13.0. The molecule has 2 aromatic rings. The second-order valence-corrected chi connectivity index (χ2v) is 3.98. The molecular formula is C11H8ClFN4O3. The first-order chi connectivity index (χ1) is 9.51. The number of halogens is 2. The van der Waals surface area contributed by atoms with Gasteiger partial charge in [-0.25, -0.2) is 9.37 Å². The highest BCUT2D eigenvalue weighted by atomic mass is 35.5. The molecule has 1 N–H and O–H groups in total. The quantitative estimate of drug-likeness (QED) is 0.689. The zero-order valence-corrected chi connectivity index (χ0v) is 10.9. The largest absolute Gasteiger partial charge is 0.430 e. The first-order valence-electron chi connectivity index (χ1n) is 5.33. The molecule has 104 valence electrons. The van der Waals surface area contributed by atoms with Gasteiger partial charge in [0.05, 0.1) is 17.2 Å². The van der Waals surface area contributed by atoms with Crippen LogP contribution in [0.4, 0.5) is 16.0 Å². The van der Waals surface area contributed by atoms with E-state index in [1.807, 2.05) is 0 Å². The van der Waals surface area contributed by atoms with Crippen LogP contribution in [0, 0.1) is 15.9 Å². The molecule has 0 unspecified atom stereocenters. The number of nitro groups is 1. The van der Waals surface area contributed by atoms with E-state index in [-0.39, 0.29) is 22.6 Å². The van der Waals surface area contributed by atoms with Crippen LogP contribution in [0.5, 0.6) is 11.6 Å². The molecular weight excluding hydrogens is 291 g/mol. The van der Waals surface area contributed by atoms with Crippen molar-refractivity contribution < 1.29 is 14.1 Å². The Morgan fingerprint density at radius 1 is 1.50 bits per heavy atom. The molecule has 0 fully saturated rings. The van der Waals surface area contributed by atoms with E-state index in [9.17, 15) is 14.5 Å². The lowest BCUT2D eigenvalue weighted by Crippen LogP contribution is -2.00. The number of ether oxygens (including phenoxy) is 1. The van der Waals surface area contributed by atoms with Crippen LogP contribution < -0.4 is 10.1 Å². The zero-order chi connectivity index (χ0) is 14.7. The average Bonchev–Trinajstić information content (AvgIpc) is 2.42. The van der Waals surface area contributed by atoms with E-state index in [2.05, 4.69) is 15.3 Å². The Labute approximate surface area is 117 Å². The summed E-state index contributed by atoms with van der Waals surface area (Å²) in [5.74, 6) is -0.748. The van der Waals surface area contributed by atoms with E-state index in [0.717, 1.165) is 18.2 Å². The summed E-state index contributed by atoms with van der Waals surface area (Å²) in [5, 5.41) is 13.6. The van der Waals surface area contributed by atoms with Crippen LogP contribution in [0.25, 0.3) is 0 Å². The Morgan fingerprint density at radius 2 is 2.25 bits per heavy atom. The van der Waals surface area contributed by atoms with Crippen molar-refractivity contribution in [1.82, 2.24) is 9.97 Å². The number of hydrogen-bond acceptors (Lipinski definition) is 6. The Balaban J connectivity index is 2.42. The Morgan fingerprint density at radius 3 is 2.90 bits per heavy atom. The molecule has 0 aliphatic carbocycles. The summed E-state index contributed by atoms with van der Waals surface area (Å²) < 4.78 is 18.3. The standard InChI is InChI=1S/C11H8ClFN4O3/c1-14-11-15-5-7(12)10(16-11)20-9-3-2-6(13)4-8(9)17(18)19/h2-5H,1H3,(H,14,15,16). The highest BCUT2D eigenvalue weighted by Gasteiger charge is 2.19. The molecule has 0 aliphatic heterocycles. The fraction of sp³-hybridized carbons (Fsp3) is 0.0909. The van der Waals surface area contributed by atoms with Crippen LogP contribution in [-0.4, -0.2) is 21.9 Å². The molecule has 2 rings (SSSR count). The number of rotatable bonds is 4. The first-order valence-corrected chi connectivity index (χ1v) is 5.71. The smallest absolute Gasteiger partial charge is 0.314 e. The normalized spacial score (nSPS) is 10.2. The third-order valence-corrected chi connectivity index (χ3v) is 2.52. The van der Waals surface area contributed by atoms with E-state index in [1.165, 1.54) is 6.20 Å². The topological polar surface area (TPSA) is 90.2 Å². The van der Waals surface area contributed by atoms with Crippen LogP contribution in [-0.2, 0) is 0 Å². The second-order valence-electron chi connectivity index (χ2n) is 3.57. The minimum absolute atomic E-state index is 0.0688. The van der Waals surface area contributed by atoms with Gasteiger partial charge in [-0.3, -0.25) is 10.1 Å². The molecule has 0 saturated heterocycles. The number of nitro benzene ring substituents is 1. The van der Waals surface area contributed by atoms with Gasteiger partial charge in [-0.05, 0) is 12.1 Å². The molecule has 0 aliphatic rings. The molecule has 0 atom stereocenters. The van der Waals surface area contributed by atoms with Gasteiger partial charge in [0, 0.05) is 7.05 Å². The van der Waals surface area contributed by atoms with Gasteiger partial charge in [0.1, 0.15) is 10.8 Å². The third-order valence-electron chi connectivity index (χ3n) is 2.26. The summed E-state index contributed by atoms with van der Waals surface area (Å²) in [6.07, 6.45) is 1.28. The molecule has 0 bridgehead atoms. The van der Waals surface area contributed by atoms with E-state index in [0.29, 0.717) is 0 Å². The lowest BCUT2D eigenvalue weighted by Gasteiger charge is -2.08. The van der Waals surface area contributed by atoms with Gasteiger partial charge in [-0.15, -0.1) is 0 Å². The number of benzene rings is 1. The van der Waals surface area contributed by atoms with Crippen molar-refractivity contribution in [2.45, 2.75) is 0 Å². The van der Waals surface area contributed by atoms with E-state index in [1.54, 1.807) is 7.05 Å². The predicted molar refractivity (Wildman–Crippen MR) is 69.7 cm³/mol. The minimum Gasteiger partial charge on any atom is -0.430 e. The van der Waals surface area contributed by atoms with Crippen molar-refractivity contribution in [3.05, 3.63) is 45.4 Å². The first kappa shape index (κ1) is 13.9. The fourth-order valence-corrected chi connectivity index (χ4v) is 1.50. The summed E-state index contributed by atoms with van der Waals surface area (Å²) in [7, 11) is 1.59. The van der Waals surface area contributed by atoms with Crippen LogP contribution in [0.3, 0.4) is 0 Å². The summed E-state index contributed by atoms with van der Waals surface area (Å²) in [6.45, 7) is 0. The van der Waals surface area contributed by atoms with Gasteiger partial charge in [0.25, 0.3) is 0 Å². The van der Waals surface area contributed by atoms with Gasteiger partial charge >= 0.3 is 5.69 Å². The van der Waals surface area contributed by atoms with Crippen LogP contribution in [0.2, 0.25) is 5.02 Å². The molecule has 0 radical (unpaired) electrons. The molecule has 1 heterocycles. The number of anilines is 1. The van der Waals surface area contributed by atoms with Gasteiger partial charge in [-0.1, -0.05) is 11.6 Å². The Bertz CT molecular complexity index is 668. The second kappa shape index (κ2) is 5.66. The fourth-order valence-electron chi connectivity index (χ4n) is 1.37. The van der Waals surface area contributed by atoms with Gasteiger partial charge in [-0.2, -0.15) is 4.98 Å². The van der Waals surface area contributed by atoms with E-state index >= 15 is 0 Å². The predicted octanol–water partition coefficient (Wildman–Crippen LogP) is 3.01. The highest BCUT2D eigenvalue weighted by Crippen LogP contribution is 2.34. The number of nitrogens with one attached hydrogen (secondary N) is 1. The average molecular weight is 299 g/mol. The Kier molecular flexibility index (Phi) is 3.94. The van der Waals surface area contributed by atoms with E-state index in [4.69, 9.17) is 16.3 Å². The third kappa shape index (κ3) is 2.91. The highest BCUT2D eigenvalue weighted by molar-refractivity contribution is 6.31. The lowest BCUT2D eigenvalue weighted by atomic mass is 10.3. The number of aromatic nitrogens is 2. The van der Waals surface area contributed by atoms with Crippen LogP contribution >= 0.6 is 11.6 Å². The molecule has 0 saturated carbocycles. The Hall–Kier alpha value is -2.48. The number of hydrogen-bond donors (Lipinski definition) is 1. The summed E-state index contributed by atoms with van der Waals surface area (Å²) >= 11 is 5.84. The van der Waals surface area contributed by atoms with Crippen LogP contribution in [0.1, 0.15) is 0 Å². The zero-order valence-electron chi connectivity index (χ0n) is 10.1. The minimum atomic E-state index is -0.757. The van der Waals surface area contributed by atoms with E-state index < -0.39 is 16.4 Å². The molecule has 7 nitrogen and oxygen atoms in total. The molecule has 0 spiro atoms. The van der Waals surface area contributed by atoms with Gasteiger partial charge < -0.3 is 10.1 Å². The monoisotopic (exact) mass is 298 g/mol. The molecule has 1 aromatic heterocycles. The molecule has 0 amide bonds. The van der Waals surface area contributed by atoms with Gasteiger partial charge in [0.15, 0.2) is 0 Å². The lowest BCUT2D eigenvalue weighted by molar-refractivity contribution is -0.385. The molecule has 1 aromatic carbocycles. The van der Waals surface area contributed by atoms with Crippen LogP contribution in [0.15, 0.2) is 24.4 Å². The summed E-state index contributed by atoms with van der Waals surface area (Å²) in [6, 6.07) is 2.92. The molecule has 9 heteroatoms. The van der Waals surface area contributed by atoms with Crippen molar-refractivity contribution in [2.24, 2.45) is 0 Å². The number of nitrogens with zero attached hydrogens (tertiary/aromatic N) is 3. The van der Waals surface area contributed by atoms with Crippen molar-refractivity contribution in [1.29, 1.82) is 0 Å². The van der Waals surface area contributed by atoms with Gasteiger partial charge in [0.2, 0.25) is 17.6 Å². The molecule has 20 heavy (non-hydrogen) atoms. The maximum Gasteiger partial charge on any atom is 0.314 e. The summed E-state index contributed by atoms with van der Waals surface area (Å²) in [5.41, 5.74) is -0.523.